The van der Waals surface area contributed by atoms with Gasteiger partial charge in [0.1, 0.15) is 0 Å². The first kappa shape index (κ1) is 12.5. The molecular formula is C9H21ClOSi. The van der Waals surface area contributed by atoms with Gasteiger partial charge in [-0.25, -0.2) is 0 Å². The van der Waals surface area contributed by atoms with Crippen LogP contribution in [0.4, 0.5) is 0 Å². The van der Waals surface area contributed by atoms with Crippen molar-refractivity contribution in [2.75, 3.05) is 12.5 Å². The van der Waals surface area contributed by atoms with Crippen LogP contribution in [0.5, 0.6) is 0 Å². The molecule has 0 aromatic carbocycles. The molecule has 0 saturated heterocycles. The molecule has 0 heterocycles. The first-order valence-corrected chi connectivity index (χ1v) is 8.60. The van der Waals surface area contributed by atoms with Gasteiger partial charge in [0, 0.05) is 12.5 Å². The fourth-order valence-electron chi connectivity index (χ4n) is 0.901. The Kier molecular flexibility index (Phi) is 6.24. The van der Waals surface area contributed by atoms with Gasteiger partial charge >= 0.3 is 0 Å². The van der Waals surface area contributed by atoms with E-state index in [4.69, 9.17) is 16.0 Å². The average molecular weight is 209 g/mol. The van der Waals surface area contributed by atoms with Crippen molar-refractivity contribution in [3.8, 4) is 0 Å². The molecule has 0 aliphatic rings. The smallest absolute Gasteiger partial charge is 0.183 e. The molecule has 0 radical (unpaired) electrons. The number of alkyl halides is 1. The molecule has 0 fully saturated rings. The van der Waals surface area contributed by atoms with Crippen LogP contribution in [0.15, 0.2) is 0 Å². The van der Waals surface area contributed by atoms with Crippen LogP contribution in [0.1, 0.15) is 19.8 Å². The Bertz CT molecular complexity index is 112. The molecule has 3 heteroatoms. The zero-order chi connectivity index (χ0) is 9.61. The number of rotatable bonds is 6. The molecule has 0 aromatic heterocycles. The lowest BCUT2D eigenvalue weighted by Crippen LogP contribution is -2.27. The van der Waals surface area contributed by atoms with Crippen LogP contribution >= 0.6 is 11.6 Å². The fraction of sp³-hybridized carbons (Fsp3) is 1.00. The minimum absolute atomic E-state index is 0.662. The first-order valence-electron chi connectivity index (χ1n) is 4.65. The molecule has 0 amide bonds. The molecule has 0 rings (SSSR count). The van der Waals surface area contributed by atoms with E-state index in [-0.39, 0.29) is 0 Å². The van der Waals surface area contributed by atoms with E-state index in [0.29, 0.717) is 5.92 Å². The molecular weight excluding hydrogens is 188 g/mol. The maximum atomic E-state index is 5.78. The second kappa shape index (κ2) is 6.00. The molecule has 12 heavy (non-hydrogen) atoms. The second-order valence-electron chi connectivity index (χ2n) is 4.36. The van der Waals surface area contributed by atoms with Gasteiger partial charge in [-0.2, -0.15) is 0 Å². The summed E-state index contributed by atoms with van der Waals surface area (Å²) in [5.41, 5.74) is 0. The van der Waals surface area contributed by atoms with Crippen LogP contribution in [-0.2, 0) is 4.43 Å². The Hall–Kier alpha value is 0.467. The monoisotopic (exact) mass is 208 g/mol. The molecule has 1 unspecified atom stereocenters. The highest BCUT2D eigenvalue weighted by Gasteiger charge is 2.15. The summed E-state index contributed by atoms with van der Waals surface area (Å²) in [4.78, 5) is 0. The first-order chi connectivity index (χ1) is 5.45. The molecule has 1 nitrogen and oxygen atoms in total. The molecule has 0 aliphatic carbocycles. The lowest BCUT2D eigenvalue weighted by molar-refractivity contribution is 0.245. The fourth-order valence-corrected chi connectivity index (χ4v) is 1.84. The topological polar surface area (TPSA) is 9.23 Å². The molecule has 1 atom stereocenters. The molecule has 0 aliphatic heterocycles. The lowest BCUT2D eigenvalue weighted by atomic mass is 10.1. The van der Waals surface area contributed by atoms with E-state index in [1.165, 1.54) is 6.42 Å². The van der Waals surface area contributed by atoms with Crippen molar-refractivity contribution >= 4 is 19.9 Å². The van der Waals surface area contributed by atoms with Gasteiger partial charge in [0.15, 0.2) is 8.32 Å². The van der Waals surface area contributed by atoms with Gasteiger partial charge in [0.05, 0.1) is 0 Å². The highest BCUT2D eigenvalue weighted by molar-refractivity contribution is 6.69. The van der Waals surface area contributed by atoms with E-state index in [2.05, 4.69) is 26.6 Å². The second-order valence-corrected chi connectivity index (χ2v) is 9.25. The Morgan fingerprint density at radius 1 is 1.33 bits per heavy atom. The summed E-state index contributed by atoms with van der Waals surface area (Å²) in [5, 5.41) is 0. The highest BCUT2D eigenvalue weighted by atomic mass is 35.5. The van der Waals surface area contributed by atoms with Gasteiger partial charge in [0.25, 0.3) is 0 Å². The Morgan fingerprint density at radius 3 is 2.33 bits per heavy atom. The zero-order valence-electron chi connectivity index (χ0n) is 8.69. The van der Waals surface area contributed by atoms with Crippen molar-refractivity contribution in [3.05, 3.63) is 0 Å². The summed E-state index contributed by atoms with van der Waals surface area (Å²) < 4.78 is 5.78. The summed E-state index contributed by atoms with van der Waals surface area (Å²) in [5.74, 6) is 1.44. The average Bonchev–Trinajstić information content (AvgIpc) is 1.95. The van der Waals surface area contributed by atoms with Crippen LogP contribution in [0.25, 0.3) is 0 Å². The summed E-state index contributed by atoms with van der Waals surface area (Å²) in [6.07, 6.45) is 2.30. The molecule has 0 aromatic rings. The quantitative estimate of drug-likeness (QED) is 0.480. The van der Waals surface area contributed by atoms with Crippen molar-refractivity contribution in [3.63, 3.8) is 0 Å². The molecule has 0 saturated carbocycles. The minimum Gasteiger partial charge on any atom is -0.417 e. The Balaban J connectivity index is 3.37. The predicted octanol–water partition coefficient (Wildman–Crippen LogP) is 3.49. The van der Waals surface area contributed by atoms with Crippen LogP contribution in [0, 0.1) is 5.92 Å². The summed E-state index contributed by atoms with van der Waals surface area (Å²) >= 11 is 5.60. The Morgan fingerprint density at radius 2 is 1.92 bits per heavy atom. The van der Waals surface area contributed by atoms with E-state index >= 15 is 0 Å². The van der Waals surface area contributed by atoms with Crippen LogP contribution in [0.2, 0.25) is 19.6 Å². The standard InChI is InChI=1S/C9H21ClOSi/c1-9(6-5-7-10)8-11-12(2,3)4/h9H,5-8H2,1-4H3. The predicted molar refractivity (Wildman–Crippen MR) is 58.4 cm³/mol. The maximum Gasteiger partial charge on any atom is 0.183 e. The maximum absolute atomic E-state index is 5.78. The molecule has 74 valence electrons. The number of hydrogen-bond acceptors (Lipinski definition) is 1. The van der Waals surface area contributed by atoms with Gasteiger partial charge in [0.2, 0.25) is 0 Å². The normalized spacial score (nSPS) is 14.8. The molecule has 0 N–H and O–H groups in total. The third kappa shape index (κ3) is 8.56. The zero-order valence-corrected chi connectivity index (χ0v) is 10.4. The van der Waals surface area contributed by atoms with Gasteiger partial charge in [-0.15, -0.1) is 11.6 Å². The third-order valence-corrected chi connectivity index (χ3v) is 2.93. The van der Waals surface area contributed by atoms with E-state index in [9.17, 15) is 0 Å². The van der Waals surface area contributed by atoms with Crippen molar-refractivity contribution < 1.29 is 4.43 Å². The van der Waals surface area contributed by atoms with E-state index in [1.54, 1.807) is 0 Å². The van der Waals surface area contributed by atoms with E-state index in [0.717, 1.165) is 18.9 Å². The van der Waals surface area contributed by atoms with Crippen molar-refractivity contribution in [1.82, 2.24) is 0 Å². The Labute approximate surface area is 82.6 Å². The summed E-state index contributed by atoms with van der Waals surface area (Å²) in [6.45, 7) is 9.81. The molecule has 0 bridgehead atoms. The van der Waals surface area contributed by atoms with Gasteiger partial charge in [-0.05, 0) is 38.4 Å². The van der Waals surface area contributed by atoms with Gasteiger partial charge in [-0.1, -0.05) is 6.92 Å². The van der Waals surface area contributed by atoms with Crippen LogP contribution in [0.3, 0.4) is 0 Å². The van der Waals surface area contributed by atoms with Crippen molar-refractivity contribution in [1.29, 1.82) is 0 Å². The van der Waals surface area contributed by atoms with E-state index in [1.807, 2.05) is 0 Å². The van der Waals surface area contributed by atoms with Crippen LogP contribution < -0.4 is 0 Å². The summed E-state index contributed by atoms with van der Waals surface area (Å²) in [7, 11) is -1.29. The van der Waals surface area contributed by atoms with Gasteiger partial charge in [-0.3, -0.25) is 0 Å². The lowest BCUT2D eigenvalue weighted by Gasteiger charge is -2.20. The van der Waals surface area contributed by atoms with Crippen molar-refractivity contribution in [2.45, 2.75) is 39.4 Å². The van der Waals surface area contributed by atoms with Crippen LogP contribution in [-0.4, -0.2) is 20.8 Å². The molecule has 0 spiro atoms. The largest absolute Gasteiger partial charge is 0.417 e. The SMILES string of the molecule is CC(CCCCl)CO[Si](C)(C)C. The van der Waals surface area contributed by atoms with Gasteiger partial charge < -0.3 is 4.43 Å². The summed E-state index contributed by atoms with van der Waals surface area (Å²) in [6, 6.07) is 0. The third-order valence-electron chi connectivity index (χ3n) is 1.63. The minimum atomic E-state index is -1.29. The highest BCUT2D eigenvalue weighted by Crippen LogP contribution is 2.10. The number of hydrogen-bond donors (Lipinski definition) is 0. The van der Waals surface area contributed by atoms with Crippen molar-refractivity contribution in [2.24, 2.45) is 5.92 Å². The van der Waals surface area contributed by atoms with E-state index < -0.39 is 8.32 Å². The number of halogens is 1.